The summed E-state index contributed by atoms with van der Waals surface area (Å²) in [7, 11) is 0. The van der Waals surface area contributed by atoms with Gasteiger partial charge in [-0.05, 0) is 6.92 Å². The molecule has 1 aromatic heterocycles. The Hall–Kier alpha value is -1.54. The highest BCUT2D eigenvalue weighted by molar-refractivity contribution is 7.13. The van der Waals surface area contributed by atoms with Crippen LogP contribution in [0.25, 0.3) is 0 Å². The van der Waals surface area contributed by atoms with Gasteiger partial charge in [-0.2, -0.15) is 0 Å². The normalized spacial score (nSPS) is 9.60. The average Bonchev–Trinajstić information content (AvgIpc) is 2.68. The molecule has 0 aliphatic carbocycles. The molecule has 0 bridgehead atoms. The van der Waals surface area contributed by atoms with Gasteiger partial charge in [0.15, 0.2) is 10.8 Å². The standard InChI is InChI=1S/C10H12N2O2S/c1-3-5-6-12(4-2)10-11-8(7-15-10)9(13)14/h1,7H,4-6H2,2H3,(H,13,14). The molecule has 0 unspecified atom stereocenters. The van der Waals surface area contributed by atoms with Crippen LogP contribution in [-0.4, -0.2) is 29.1 Å². The minimum atomic E-state index is -0.995. The van der Waals surface area contributed by atoms with Gasteiger partial charge in [-0.3, -0.25) is 0 Å². The largest absolute Gasteiger partial charge is 0.476 e. The maximum Gasteiger partial charge on any atom is 0.355 e. The number of hydrogen-bond donors (Lipinski definition) is 1. The van der Waals surface area contributed by atoms with Gasteiger partial charge in [-0.15, -0.1) is 23.7 Å². The number of carboxylic acids is 1. The Balaban J connectivity index is 2.74. The van der Waals surface area contributed by atoms with E-state index in [9.17, 15) is 4.79 Å². The third kappa shape index (κ3) is 2.96. The number of thiazole rings is 1. The molecule has 0 atom stereocenters. The molecule has 1 rings (SSSR count). The number of terminal acetylenes is 1. The Morgan fingerprint density at radius 1 is 1.80 bits per heavy atom. The van der Waals surface area contributed by atoms with Crippen molar-refractivity contribution >= 4 is 22.4 Å². The van der Waals surface area contributed by atoms with Crippen LogP contribution >= 0.6 is 11.3 Å². The monoisotopic (exact) mass is 224 g/mol. The molecule has 0 saturated carbocycles. The molecule has 1 heterocycles. The van der Waals surface area contributed by atoms with Crippen molar-refractivity contribution in [3.05, 3.63) is 11.1 Å². The predicted molar refractivity (Wildman–Crippen MR) is 60.4 cm³/mol. The van der Waals surface area contributed by atoms with Crippen LogP contribution in [0.1, 0.15) is 23.8 Å². The molecule has 0 aliphatic heterocycles. The van der Waals surface area contributed by atoms with Crippen molar-refractivity contribution in [1.82, 2.24) is 4.98 Å². The van der Waals surface area contributed by atoms with E-state index in [2.05, 4.69) is 10.9 Å². The highest BCUT2D eigenvalue weighted by Crippen LogP contribution is 2.20. The summed E-state index contributed by atoms with van der Waals surface area (Å²) >= 11 is 1.33. The van der Waals surface area contributed by atoms with Crippen LogP contribution in [0, 0.1) is 12.3 Å². The van der Waals surface area contributed by atoms with Crippen LogP contribution in [0.4, 0.5) is 5.13 Å². The number of aromatic carboxylic acids is 1. The zero-order valence-electron chi connectivity index (χ0n) is 8.43. The third-order valence-corrected chi connectivity index (χ3v) is 2.79. The summed E-state index contributed by atoms with van der Waals surface area (Å²) < 4.78 is 0. The Morgan fingerprint density at radius 2 is 2.53 bits per heavy atom. The van der Waals surface area contributed by atoms with Crippen LogP contribution < -0.4 is 4.90 Å². The zero-order valence-corrected chi connectivity index (χ0v) is 9.25. The first-order valence-corrected chi connectivity index (χ1v) is 5.44. The molecule has 80 valence electrons. The van der Waals surface area contributed by atoms with E-state index < -0.39 is 5.97 Å². The number of nitrogens with zero attached hydrogens (tertiary/aromatic N) is 2. The van der Waals surface area contributed by atoms with Crippen LogP contribution in [0.5, 0.6) is 0 Å². The quantitative estimate of drug-likeness (QED) is 0.773. The lowest BCUT2D eigenvalue weighted by molar-refractivity contribution is 0.0691. The summed E-state index contributed by atoms with van der Waals surface area (Å²) in [5, 5.41) is 11.0. The Kier molecular flexibility index (Phi) is 4.13. The molecule has 0 radical (unpaired) electrons. The van der Waals surface area contributed by atoms with Gasteiger partial charge < -0.3 is 10.0 Å². The fraction of sp³-hybridized carbons (Fsp3) is 0.400. The van der Waals surface area contributed by atoms with Crippen LogP contribution in [0.3, 0.4) is 0 Å². The van der Waals surface area contributed by atoms with Crippen molar-refractivity contribution in [1.29, 1.82) is 0 Å². The van der Waals surface area contributed by atoms with Crippen molar-refractivity contribution in [3.63, 3.8) is 0 Å². The number of aromatic nitrogens is 1. The van der Waals surface area contributed by atoms with E-state index in [0.717, 1.165) is 6.54 Å². The average molecular weight is 224 g/mol. The first-order valence-electron chi connectivity index (χ1n) is 4.56. The third-order valence-electron chi connectivity index (χ3n) is 1.89. The van der Waals surface area contributed by atoms with Crippen LogP contribution in [0.2, 0.25) is 0 Å². The molecule has 0 saturated heterocycles. The maximum absolute atomic E-state index is 10.6. The second-order valence-corrected chi connectivity index (χ2v) is 3.69. The minimum absolute atomic E-state index is 0.0918. The minimum Gasteiger partial charge on any atom is -0.476 e. The molecule has 5 heteroatoms. The first kappa shape index (κ1) is 11.5. The lowest BCUT2D eigenvalue weighted by Crippen LogP contribution is -2.23. The Labute approximate surface area is 92.6 Å². The summed E-state index contributed by atoms with van der Waals surface area (Å²) in [5.74, 6) is 1.56. The number of carboxylic acid groups (broad SMARTS) is 1. The number of anilines is 1. The van der Waals surface area contributed by atoms with Gasteiger partial charge >= 0.3 is 5.97 Å². The summed E-state index contributed by atoms with van der Waals surface area (Å²) in [6.45, 7) is 3.46. The van der Waals surface area contributed by atoms with E-state index in [1.54, 1.807) is 0 Å². The molecule has 15 heavy (non-hydrogen) atoms. The molecule has 1 aromatic rings. The van der Waals surface area contributed by atoms with E-state index in [-0.39, 0.29) is 5.69 Å². The number of rotatable bonds is 5. The summed E-state index contributed by atoms with van der Waals surface area (Å²) in [5.41, 5.74) is 0.0918. The summed E-state index contributed by atoms with van der Waals surface area (Å²) in [6, 6.07) is 0. The fourth-order valence-electron chi connectivity index (χ4n) is 1.10. The summed E-state index contributed by atoms with van der Waals surface area (Å²) in [4.78, 5) is 16.6. The molecular weight excluding hydrogens is 212 g/mol. The molecule has 1 N–H and O–H groups in total. The molecular formula is C10H12N2O2S. The van der Waals surface area contributed by atoms with Gasteiger partial charge in [0.25, 0.3) is 0 Å². The smallest absolute Gasteiger partial charge is 0.355 e. The van der Waals surface area contributed by atoms with E-state index in [1.165, 1.54) is 16.7 Å². The van der Waals surface area contributed by atoms with Crippen LogP contribution in [-0.2, 0) is 0 Å². The van der Waals surface area contributed by atoms with Gasteiger partial charge in [-0.1, -0.05) is 0 Å². The van der Waals surface area contributed by atoms with Crippen molar-refractivity contribution in [2.45, 2.75) is 13.3 Å². The van der Waals surface area contributed by atoms with Crippen molar-refractivity contribution < 1.29 is 9.90 Å². The predicted octanol–water partition coefficient (Wildman–Crippen LogP) is 1.69. The first-order chi connectivity index (χ1) is 7.19. The highest BCUT2D eigenvalue weighted by atomic mass is 32.1. The highest BCUT2D eigenvalue weighted by Gasteiger charge is 2.12. The van der Waals surface area contributed by atoms with E-state index in [0.29, 0.717) is 18.1 Å². The van der Waals surface area contributed by atoms with Crippen molar-refractivity contribution in [3.8, 4) is 12.3 Å². The number of hydrogen-bond acceptors (Lipinski definition) is 4. The maximum atomic E-state index is 10.6. The topological polar surface area (TPSA) is 53.4 Å². The van der Waals surface area contributed by atoms with Crippen molar-refractivity contribution in [2.75, 3.05) is 18.0 Å². The van der Waals surface area contributed by atoms with E-state index >= 15 is 0 Å². The van der Waals surface area contributed by atoms with E-state index in [4.69, 9.17) is 11.5 Å². The fourth-order valence-corrected chi connectivity index (χ4v) is 1.99. The van der Waals surface area contributed by atoms with Gasteiger partial charge in [0.2, 0.25) is 0 Å². The van der Waals surface area contributed by atoms with Crippen LogP contribution in [0.15, 0.2) is 5.38 Å². The van der Waals surface area contributed by atoms with Gasteiger partial charge in [0, 0.05) is 24.9 Å². The second kappa shape index (κ2) is 5.37. The SMILES string of the molecule is C#CCCN(CC)c1nc(C(=O)O)cs1. The van der Waals surface area contributed by atoms with Crippen molar-refractivity contribution in [2.24, 2.45) is 0 Å². The lowest BCUT2D eigenvalue weighted by Gasteiger charge is -2.17. The summed E-state index contributed by atoms with van der Waals surface area (Å²) in [6.07, 6.45) is 5.81. The zero-order chi connectivity index (χ0) is 11.3. The lowest BCUT2D eigenvalue weighted by atomic mass is 10.4. The molecule has 0 fully saturated rings. The van der Waals surface area contributed by atoms with E-state index in [1.807, 2.05) is 11.8 Å². The molecule has 0 spiro atoms. The van der Waals surface area contributed by atoms with Gasteiger partial charge in [0.1, 0.15) is 0 Å². The molecule has 0 aliphatic rings. The molecule has 4 nitrogen and oxygen atoms in total. The molecule has 0 aromatic carbocycles. The Bertz CT molecular complexity index is 381. The van der Waals surface area contributed by atoms with Gasteiger partial charge in [-0.25, -0.2) is 9.78 Å². The molecule has 0 amide bonds. The second-order valence-electron chi connectivity index (χ2n) is 2.85. The number of carbonyl (C=O) groups is 1. The Morgan fingerprint density at radius 3 is 3.00 bits per heavy atom. The van der Waals surface area contributed by atoms with Gasteiger partial charge in [0.05, 0.1) is 0 Å².